The summed E-state index contributed by atoms with van der Waals surface area (Å²) in [4.78, 5) is 102. The number of hydroxylamine groups is 4. The second kappa shape index (κ2) is 11.7. The molecule has 34 heavy (non-hydrogen) atoms. The molecule has 2 rings (SSSR count). The molecule has 2 unspecified atom stereocenters. The maximum atomic E-state index is 11.8. The molecule has 2 atom stereocenters. The Labute approximate surface area is 193 Å². The van der Waals surface area contributed by atoms with E-state index in [2.05, 4.69) is 14.4 Å². The second-order valence-electron chi connectivity index (χ2n) is 7.27. The Bertz CT molecular complexity index is 801. The molecule has 0 spiro atoms. The molecule has 0 N–H and O–H groups in total. The highest BCUT2D eigenvalue weighted by Crippen LogP contribution is 2.14. The lowest BCUT2D eigenvalue weighted by atomic mass is 10.3. The van der Waals surface area contributed by atoms with E-state index >= 15 is 0 Å². The topological polar surface area (TPSA) is 189 Å². The standard InChI is InChI=1S/C19H22N2O13.H2/c1-10(7-16(26)33-20-12(22)3-4-13(20)23)31-18(28)9-30-19(29)32-11(2)8-17(27)34-21-14(24)5-6-15(21)25;/h10-11H,3-9H2,1-2H3;1H. The number of hydrogen-bond donors (Lipinski definition) is 0. The van der Waals surface area contributed by atoms with Crippen LogP contribution in [0.25, 0.3) is 0 Å². The number of rotatable bonds is 10. The zero-order valence-corrected chi connectivity index (χ0v) is 18.3. The van der Waals surface area contributed by atoms with Gasteiger partial charge in [-0.15, -0.1) is 10.1 Å². The molecule has 0 saturated carbocycles. The van der Waals surface area contributed by atoms with Gasteiger partial charge >= 0.3 is 24.1 Å². The van der Waals surface area contributed by atoms with Crippen LogP contribution in [-0.2, 0) is 57.4 Å². The highest BCUT2D eigenvalue weighted by Gasteiger charge is 2.34. The minimum atomic E-state index is -1.32. The average Bonchev–Trinajstić information content (AvgIpc) is 3.22. The van der Waals surface area contributed by atoms with Crippen LogP contribution in [0.2, 0.25) is 0 Å². The third-order valence-electron chi connectivity index (χ3n) is 4.24. The third kappa shape index (κ3) is 7.83. The first-order valence-corrected chi connectivity index (χ1v) is 10.1. The highest BCUT2D eigenvalue weighted by molar-refractivity contribution is 6.02. The van der Waals surface area contributed by atoms with E-state index < -0.39 is 79.3 Å². The van der Waals surface area contributed by atoms with Crippen molar-refractivity contribution < 1.29 is 63.7 Å². The Kier molecular flexibility index (Phi) is 9.03. The molecule has 2 saturated heterocycles. The van der Waals surface area contributed by atoms with Crippen LogP contribution in [-0.4, -0.2) is 76.6 Å². The SMILES string of the molecule is CC(CC(=O)ON1C(=O)CCC1=O)OC(=O)COC(=O)OC(C)CC(=O)ON1C(=O)CCC1=O.[HH]. The van der Waals surface area contributed by atoms with Gasteiger partial charge in [-0.3, -0.25) is 19.2 Å². The lowest BCUT2D eigenvalue weighted by Gasteiger charge is -2.16. The Morgan fingerprint density at radius 2 is 1.09 bits per heavy atom. The molecular weight excluding hydrogens is 464 g/mol. The summed E-state index contributed by atoms with van der Waals surface area (Å²) in [5.74, 6) is -5.66. The Balaban J connectivity index is 0.00000612. The molecule has 2 aliphatic heterocycles. The van der Waals surface area contributed by atoms with Gasteiger partial charge in [0.15, 0.2) is 6.61 Å². The highest BCUT2D eigenvalue weighted by atomic mass is 16.7. The maximum absolute atomic E-state index is 11.8. The van der Waals surface area contributed by atoms with E-state index in [0.29, 0.717) is 10.1 Å². The predicted octanol–water partition coefficient (Wildman–Crippen LogP) is -0.300. The quantitative estimate of drug-likeness (QED) is 0.288. The monoisotopic (exact) mass is 488 g/mol. The summed E-state index contributed by atoms with van der Waals surface area (Å²) in [5.41, 5.74) is 0. The molecule has 4 amide bonds. The maximum Gasteiger partial charge on any atom is 0.509 e. The summed E-state index contributed by atoms with van der Waals surface area (Å²) in [7, 11) is 0. The summed E-state index contributed by atoms with van der Waals surface area (Å²) in [6.07, 6.45) is -4.68. The summed E-state index contributed by atoms with van der Waals surface area (Å²) in [6, 6.07) is 0. The van der Waals surface area contributed by atoms with Gasteiger partial charge in [0.25, 0.3) is 23.6 Å². The molecule has 188 valence electrons. The molecule has 2 aliphatic rings. The molecule has 0 aromatic carbocycles. The molecular formula is C19H24N2O13. The van der Waals surface area contributed by atoms with Crippen LogP contribution in [0.4, 0.5) is 4.79 Å². The van der Waals surface area contributed by atoms with Crippen molar-refractivity contribution in [3.8, 4) is 0 Å². The summed E-state index contributed by atoms with van der Waals surface area (Å²) in [6.45, 7) is 1.75. The minimum absolute atomic E-state index is 0. The number of carbonyl (C=O) groups is 8. The minimum Gasteiger partial charge on any atom is -0.460 e. The predicted molar refractivity (Wildman–Crippen MR) is 103 cm³/mol. The van der Waals surface area contributed by atoms with E-state index in [1.165, 1.54) is 13.8 Å². The van der Waals surface area contributed by atoms with Crippen molar-refractivity contribution in [2.45, 2.75) is 64.6 Å². The van der Waals surface area contributed by atoms with Gasteiger partial charge in [-0.25, -0.2) is 19.2 Å². The van der Waals surface area contributed by atoms with E-state index in [0.717, 1.165) is 0 Å². The Hall–Kier alpha value is -4.04. The van der Waals surface area contributed by atoms with Crippen LogP contribution >= 0.6 is 0 Å². The number of carbonyl (C=O) groups excluding carboxylic acids is 8. The van der Waals surface area contributed by atoms with Crippen LogP contribution in [0, 0.1) is 0 Å². The van der Waals surface area contributed by atoms with Crippen molar-refractivity contribution in [2.75, 3.05) is 6.61 Å². The molecule has 15 nitrogen and oxygen atoms in total. The van der Waals surface area contributed by atoms with Crippen LogP contribution in [0.1, 0.15) is 53.8 Å². The lowest BCUT2D eigenvalue weighted by molar-refractivity contribution is -0.199. The number of imide groups is 2. The van der Waals surface area contributed by atoms with Crippen molar-refractivity contribution in [1.29, 1.82) is 0 Å². The van der Waals surface area contributed by atoms with Gasteiger partial charge in [0.1, 0.15) is 12.2 Å². The summed E-state index contributed by atoms with van der Waals surface area (Å²) >= 11 is 0. The van der Waals surface area contributed by atoms with E-state index in [4.69, 9.17) is 9.47 Å². The van der Waals surface area contributed by atoms with E-state index in [1.54, 1.807) is 0 Å². The fourth-order valence-electron chi connectivity index (χ4n) is 2.72. The van der Waals surface area contributed by atoms with Crippen LogP contribution in [0.3, 0.4) is 0 Å². The fraction of sp³-hybridized carbons (Fsp3) is 0.579. The van der Waals surface area contributed by atoms with Crippen molar-refractivity contribution in [2.24, 2.45) is 0 Å². The number of esters is 1. The number of ether oxygens (including phenoxy) is 3. The summed E-state index contributed by atoms with van der Waals surface area (Å²) in [5, 5.41) is 0.703. The van der Waals surface area contributed by atoms with Crippen molar-refractivity contribution in [3.05, 3.63) is 0 Å². The van der Waals surface area contributed by atoms with Crippen LogP contribution in [0.5, 0.6) is 0 Å². The van der Waals surface area contributed by atoms with Gasteiger partial charge < -0.3 is 23.9 Å². The zero-order chi connectivity index (χ0) is 25.4. The van der Waals surface area contributed by atoms with Crippen molar-refractivity contribution in [1.82, 2.24) is 10.1 Å². The second-order valence-corrected chi connectivity index (χ2v) is 7.27. The third-order valence-corrected chi connectivity index (χ3v) is 4.24. The van der Waals surface area contributed by atoms with Crippen molar-refractivity contribution in [3.63, 3.8) is 0 Å². The molecule has 0 aromatic heterocycles. The molecule has 0 bridgehead atoms. The average molecular weight is 488 g/mol. The first kappa shape index (κ1) is 26.2. The summed E-state index contributed by atoms with van der Waals surface area (Å²) < 4.78 is 14.1. The number of hydrogen-bond acceptors (Lipinski definition) is 13. The van der Waals surface area contributed by atoms with Gasteiger partial charge in [-0.05, 0) is 13.8 Å². The largest absolute Gasteiger partial charge is 0.509 e. The Morgan fingerprint density at radius 1 is 0.706 bits per heavy atom. The first-order valence-electron chi connectivity index (χ1n) is 10.1. The van der Waals surface area contributed by atoms with Gasteiger partial charge in [0.05, 0.1) is 12.8 Å². The van der Waals surface area contributed by atoms with Crippen molar-refractivity contribution >= 4 is 47.7 Å². The lowest BCUT2D eigenvalue weighted by Crippen LogP contribution is -2.34. The van der Waals surface area contributed by atoms with Crippen LogP contribution < -0.4 is 0 Å². The van der Waals surface area contributed by atoms with Gasteiger partial charge in [0, 0.05) is 27.1 Å². The smallest absolute Gasteiger partial charge is 0.460 e. The van der Waals surface area contributed by atoms with Gasteiger partial charge in [-0.1, -0.05) is 0 Å². The molecule has 2 heterocycles. The van der Waals surface area contributed by atoms with E-state index in [-0.39, 0.29) is 27.1 Å². The molecule has 15 heteroatoms. The van der Waals surface area contributed by atoms with Gasteiger partial charge in [-0.2, -0.15) is 0 Å². The molecule has 2 fully saturated rings. The number of nitrogens with zero attached hydrogens (tertiary/aromatic N) is 2. The van der Waals surface area contributed by atoms with Crippen LogP contribution in [0.15, 0.2) is 0 Å². The fourth-order valence-corrected chi connectivity index (χ4v) is 2.72. The Morgan fingerprint density at radius 3 is 1.50 bits per heavy atom. The molecule has 0 radical (unpaired) electrons. The zero-order valence-electron chi connectivity index (χ0n) is 18.3. The molecule has 0 aromatic rings. The number of amides is 4. The van der Waals surface area contributed by atoms with E-state index in [9.17, 15) is 38.4 Å². The van der Waals surface area contributed by atoms with Gasteiger partial charge in [0.2, 0.25) is 0 Å². The first-order chi connectivity index (χ1) is 16.0. The molecule has 0 aliphatic carbocycles. The van der Waals surface area contributed by atoms with E-state index in [1.807, 2.05) is 0 Å². The normalized spacial score (nSPS) is 17.4.